The van der Waals surface area contributed by atoms with Gasteiger partial charge in [-0.3, -0.25) is 4.79 Å². The number of benzene rings is 2. The third-order valence-electron chi connectivity index (χ3n) is 3.88. The largest absolute Gasteiger partial charge is 0.482 e. The number of carbonyl (C=O) groups is 1. The Morgan fingerprint density at radius 3 is 2.67 bits per heavy atom. The van der Waals surface area contributed by atoms with Crippen LogP contribution in [0.1, 0.15) is 17.4 Å². The van der Waals surface area contributed by atoms with Gasteiger partial charge < -0.3 is 14.6 Å². The zero-order valence-corrected chi connectivity index (χ0v) is 15.8. The van der Waals surface area contributed by atoms with Gasteiger partial charge in [0.05, 0.1) is 5.02 Å². The predicted octanol–water partition coefficient (Wildman–Crippen LogP) is 4.15. The third-order valence-corrected chi connectivity index (χ3v) is 4.42. The number of rotatable bonds is 6. The topological polar surface area (TPSA) is 56.2 Å². The lowest BCUT2D eigenvalue weighted by molar-refractivity contribution is -0.123. The van der Waals surface area contributed by atoms with Gasteiger partial charge in [-0.15, -0.1) is 0 Å². The van der Waals surface area contributed by atoms with E-state index in [1.165, 1.54) is 18.2 Å². The minimum atomic E-state index is -0.559. The molecule has 140 valence electrons. The van der Waals surface area contributed by atoms with Crippen molar-refractivity contribution in [1.82, 2.24) is 14.9 Å². The molecule has 5 nitrogen and oxygen atoms in total. The molecule has 27 heavy (non-hydrogen) atoms. The van der Waals surface area contributed by atoms with Gasteiger partial charge in [-0.2, -0.15) is 0 Å². The molecular formula is C19H16Cl2FN3O2. The lowest BCUT2D eigenvalue weighted by Gasteiger charge is -2.19. The van der Waals surface area contributed by atoms with E-state index in [1.807, 2.05) is 7.05 Å². The van der Waals surface area contributed by atoms with Crippen LogP contribution in [0, 0.1) is 5.82 Å². The summed E-state index contributed by atoms with van der Waals surface area (Å²) in [4.78, 5) is 16.7. The van der Waals surface area contributed by atoms with Crippen molar-refractivity contribution in [2.24, 2.45) is 7.05 Å². The zero-order valence-electron chi connectivity index (χ0n) is 14.3. The standard InChI is InChI=1S/C19H16Cl2FN3O2/c1-25-9-8-23-19(25)18(12-2-5-14(22)6-3-12)24-17(26)11-27-16-10-13(20)4-7-15(16)21/h2-10,18H,11H2,1H3,(H,24,26)/t18-/m0/s1. The van der Waals surface area contributed by atoms with Crippen molar-refractivity contribution < 1.29 is 13.9 Å². The molecule has 0 spiro atoms. The zero-order chi connectivity index (χ0) is 19.4. The molecule has 8 heteroatoms. The van der Waals surface area contributed by atoms with Gasteiger partial charge >= 0.3 is 0 Å². The number of carbonyl (C=O) groups excluding carboxylic acids is 1. The summed E-state index contributed by atoms with van der Waals surface area (Å²) >= 11 is 11.9. The van der Waals surface area contributed by atoms with Crippen LogP contribution in [0.2, 0.25) is 10.0 Å². The molecule has 1 atom stereocenters. The Hall–Kier alpha value is -2.57. The molecule has 0 saturated heterocycles. The second-order valence-corrected chi connectivity index (χ2v) is 6.66. The summed E-state index contributed by atoms with van der Waals surface area (Å²) in [5.74, 6) is 0.177. The van der Waals surface area contributed by atoms with Gasteiger partial charge in [0.1, 0.15) is 23.4 Å². The summed E-state index contributed by atoms with van der Waals surface area (Å²) in [6, 6.07) is 10.1. The summed E-state index contributed by atoms with van der Waals surface area (Å²) < 4.78 is 20.5. The molecule has 2 aromatic carbocycles. The first-order chi connectivity index (χ1) is 12.9. The van der Waals surface area contributed by atoms with Crippen LogP contribution in [0.15, 0.2) is 54.9 Å². The first-order valence-corrected chi connectivity index (χ1v) is 8.79. The maximum atomic E-state index is 13.3. The molecule has 0 aliphatic rings. The molecule has 1 N–H and O–H groups in total. The van der Waals surface area contributed by atoms with Crippen molar-refractivity contribution in [2.75, 3.05) is 6.61 Å². The van der Waals surface area contributed by atoms with Gasteiger partial charge in [0.15, 0.2) is 6.61 Å². The third kappa shape index (κ3) is 4.78. The number of halogens is 3. The van der Waals surface area contributed by atoms with E-state index in [9.17, 15) is 9.18 Å². The fourth-order valence-electron chi connectivity index (χ4n) is 2.54. The Balaban J connectivity index is 1.75. The highest BCUT2D eigenvalue weighted by Crippen LogP contribution is 2.27. The lowest BCUT2D eigenvalue weighted by Crippen LogP contribution is -2.34. The Kier molecular flexibility index (Phi) is 5.98. The molecule has 1 amide bonds. The van der Waals surface area contributed by atoms with Gasteiger partial charge in [-0.1, -0.05) is 35.3 Å². The van der Waals surface area contributed by atoms with Crippen molar-refractivity contribution in [2.45, 2.75) is 6.04 Å². The van der Waals surface area contributed by atoms with Gasteiger partial charge in [-0.25, -0.2) is 9.37 Å². The van der Waals surface area contributed by atoms with E-state index < -0.39 is 6.04 Å². The van der Waals surface area contributed by atoms with Crippen LogP contribution in [0.25, 0.3) is 0 Å². The van der Waals surface area contributed by atoms with E-state index >= 15 is 0 Å². The maximum Gasteiger partial charge on any atom is 0.258 e. The number of amides is 1. The summed E-state index contributed by atoms with van der Waals surface area (Å²) in [7, 11) is 1.81. The molecule has 1 heterocycles. The van der Waals surface area contributed by atoms with Gasteiger partial charge in [-0.05, 0) is 29.8 Å². The number of hydrogen-bond donors (Lipinski definition) is 1. The van der Waals surface area contributed by atoms with Crippen molar-refractivity contribution in [3.8, 4) is 5.75 Å². The molecule has 0 bridgehead atoms. The molecular weight excluding hydrogens is 392 g/mol. The van der Waals surface area contributed by atoms with E-state index in [1.54, 1.807) is 41.2 Å². The summed E-state index contributed by atoms with van der Waals surface area (Å²) in [6.45, 7) is -0.262. The van der Waals surface area contributed by atoms with E-state index in [4.69, 9.17) is 27.9 Å². The van der Waals surface area contributed by atoms with Crippen molar-refractivity contribution in [1.29, 1.82) is 0 Å². The molecule has 0 radical (unpaired) electrons. The van der Waals surface area contributed by atoms with E-state index in [0.717, 1.165) is 0 Å². The normalized spacial score (nSPS) is 11.9. The number of aryl methyl sites for hydroxylation is 1. The fourth-order valence-corrected chi connectivity index (χ4v) is 2.88. The maximum absolute atomic E-state index is 13.3. The Morgan fingerprint density at radius 1 is 1.26 bits per heavy atom. The average molecular weight is 408 g/mol. The molecule has 1 aromatic heterocycles. The second kappa shape index (κ2) is 8.41. The number of nitrogens with zero attached hydrogens (tertiary/aromatic N) is 2. The SMILES string of the molecule is Cn1ccnc1[C@@H](NC(=O)COc1cc(Cl)ccc1Cl)c1ccc(F)cc1. The highest BCUT2D eigenvalue weighted by Gasteiger charge is 2.21. The lowest BCUT2D eigenvalue weighted by atomic mass is 10.1. The molecule has 3 aromatic rings. The van der Waals surface area contributed by atoms with Crippen LogP contribution in [0.4, 0.5) is 4.39 Å². The molecule has 0 fully saturated rings. The van der Waals surface area contributed by atoms with Crippen molar-refractivity contribution >= 4 is 29.1 Å². The number of aromatic nitrogens is 2. The Labute approximate surface area is 165 Å². The Morgan fingerprint density at radius 2 is 2.00 bits per heavy atom. The van der Waals surface area contributed by atoms with Crippen LogP contribution in [-0.2, 0) is 11.8 Å². The Bertz CT molecular complexity index is 944. The molecule has 0 saturated carbocycles. The van der Waals surface area contributed by atoms with Crippen LogP contribution in [0.5, 0.6) is 5.75 Å². The van der Waals surface area contributed by atoms with Crippen molar-refractivity contribution in [3.05, 3.63) is 82.1 Å². The van der Waals surface area contributed by atoms with Crippen LogP contribution in [-0.4, -0.2) is 22.1 Å². The summed E-state index contributed by atoms with van der Waals surface area (Å²) in [6.07, 6.45) is 3.39. The highest BCUT2D eigenvalue weighted by atomic mass is 35.5. The number of nitrogens with one attached hydrogen (secondary N) is 1. The number of imidazole rings is 1. The van der Waals surface area contributed by atoms with Gasteiger partial charge in [0.2, 0.25) is 0 Å². The molecule has 0 aliphatic carbocycles. The smallest absolute Gasteiger partial charge is 0.258 e. The fraction of sp³-hybridized carbons (Fsp3) is 0.158. The molecule has 0 aliphatic heterocycles. The summed E-state index contributed by atoms with van der Waals surface area (Å²) in [5.41, 5.74) is 0.694. The highest BCUT2D eigenvalue weighted by molar-refractivity contribution is 6.34. The molecule has 0 unspecified atom stereocenters. The minimum Gasteiger partial charge on any atom is -0.482 e. The average Bonchev–Trinajstić information content (AvgIpc) is 3.07. The van der Waals surface area contributed by atoms with Crippen LogP contribution >= 0.6 is 23.2 Å². The van der Waals surface area contributed by atoms with Gasteiger partial charge in [0.25, 0.3) is 5.91 Å². The van der Waals surface area contributed by atoms with E-state index in [2.05, 4.69) is 10.3 Å². The summed E-state index contributed by atoms with van der Waals surface area (Å²) in [5, 5.41) is 3.66. The number of hydrogen-bond acceptors (Lipinski definition) is 3. The van der Waals surface area contributed by atoms with E-state index in [-0.39, 0.29) is 18.3 Å². The molecule has 3 rings (SSSR count). The monoisotopic (exact) mass is 407 g/mol. The first kappa shape index (κ1) is 19.2. The van der Waals surface area contributed by atoms with E-state index in [0.29, 0.717) is 27.2 Å². The number of ether oxygens (including phenoxy) is 1. The minimum absolute atomic E-state index is 0.262. The van der Waals surface area contributed by atoms with Gasteiger partial charge in [0, 0.05) is 30.5 Å². The van der Waals surface area contributed by atoms with Crippen LogP contribution in [0.3, 0.4) is 0 Å². The first-order valence-electron chi connectivity index (χ1n) is 8.04. The van der Waals surface area contributed by atoms with Crippen molar-refractivity contribution in [3.63, 3.8) is 0 Å². The second-order valence-electron chi connectivity index (χ2n) is 5.81. The quantitative estimate of drug-likeness (QED) is 0.667. The predicted molar refractivity (Wildman–Crippen MR) is 102 cm³/mol. The van der Waals surface area contributed by atoms with Crippen LogP contribution < -0.4 is 10.1 Å².